The maximum absolute atomic E-state index is 12.7. The van der Waals surface area contributed by atoms with Gasteiger partial charge < -0.3 is 14.9 Å². The number of halogens is 3. The van der Waals surface area contributed by atoms with E-state index in [1.54, 1.807) is 4.90 Å². The molecule has 0 bridgehead atoms. The third-order valence-corrected chi connectivity index (χ3v) is 3.34. The molecule has 1 N–H and O–H groups in total. The summed E-state index contributed by atoms with van der Waals surface area (Å²) in [4.78, 5) is 11.0. The maximum atomic E-state index is 12.7. The van der Waals surface area contributed by atoms with E-state index >= 15 is 0 Å². The molecule has 0 saturated carbocycles. The molecule has 2 rings (SSSR count). The van der Waals surface area contributed by atoms with Gasteiger partial charge in [0.1, 0.15) is 5.69 Å². The molecule has 0 aliphatic carbocycles. The van der Waals surface area contributed by atoms with Crippen LogP contribution in [0.5, 0.6) is 0 Å². The predicted octanol–water partition coefficient (Wildman–Crippen LogP) is 0.915. The third kappa shape index (κ3) is 3.01. The van der Waals surface area contributed by atoms with Crippen molar-refractivity contribution in [2.75, 3.05) is 32.1 Å². The van der Waals surface area contributed by atoms with Crippen molar-refractivity contribution >= 4 is 5.95 Å². The quantitative estimate of drug-likeness (QED) is 0.877. The van der Waals surface area contributed by atoms with Crippen molar-refractivity contribution in [1.82, 2.24) is 14.9 Å². The Morgan fingerprint density at radius 1 is 1.30 bits per heavy atom. The lowest BCUT2D eigenvalue weighted by molar-refractivity contribution is -0.141. The SMILES string of the molecule is Cc1cc(C(F)(F)F)nc(N2C[C@H](O)[C@@H](N(C)C)C2)n1. The molecule has 0 aromatic carbocycles. The first kappa shape index (κ1) is 15.0. The van der Waals surface area contributed by atoms with Crippen molar-refractivity contribution in [2.24, 2.45) is 0 Å². The van der Waals surface area contributed by atoms with Gasteiger partial charge in [-0.05, 0) is 27.1 Å². The van der Waals surface area contributed by atoms with E-state index < -0.39 is 18.0 Å². The minimum absolute atomic E-state index is 0.0146. The lowest BCUT2D eigenvalue weighted by atomic mass is 10.2. The van der Waals surface area contributed by atoms with Crippen LogP contribution in [0.3, 0.4) is 0 Å². The van der Waals surface area contributed by atoms with Crippen LogP contribution in [0.15, 0.2) is 6.07 Å². The van der Waals surface area contributed by atoms with Crippen molar-refractivity contribution in [2.45, 2.75) is 25.2 Å². The number of aromatic nitrogens is 2. The molecule has 1 aromatic rings. The number of likely N-dealkylation sites (N-methyl/N-ethyl adjacent to an activating group) is 1. The van der Waals surface area contributed by atoms with Crippen molar-refractivity contribution in [3.05, 3.63) is 17.5 Å². The number of β-amino-alcohol motifs (C(OH)–C–C–N with tert-alkyl or cyclic N) is 1. The second-order valence-corrected chi connectivity index (χ2v) is 5.20. The van der Waals surface area contributed by atoms with E-state index in [1.165, 1.54) is 6.92 Å². The fourth-order valence-electron chi connectivity index (χ4n) is 2.28. The summed E-state index contributed by atoms with van der Waals surface area (Å²) < 4.78 is 38.2. The van der Waals surface area contributed by atoms with Crippen molar-refractivity contribution in [3.63, 3.8) is 0 Å². The molecule has 5 nitrogen and oxygen atoms in total. The summed E-state index contributed by atoms with van der Waals surface area (Å²) in [5.74, 6) is 0.0146. The van der Waals surface area contributed by atoms with E-state index in [1.807, 2.05) is 19.0 Å². The minimum atomic E-state index is -4.50. The van der Waals surface area contributed by atoms with E-state index in [2.05, 4.69) is 9.97 Å². The Hall–Kier alpha value is -1.41. The van der Waals surface area contributed by atoms with Crippen LogP contribution in [0.2, 0.25) is 0 Å². The number of alkyl halides is 3. The van der Waals surface area contributed by atoms with Gasteiger partial charge in [-0.2, -0.15) is 13.2 Å². The van der Waals surface area contributed by atoms with Crippen molar-refractivity contribution < 1.29 is 18.3 Å². The summed E-state index contributed by atoms with van der Waals surface area (Å²) in [6, 6.07) is 0.771. The highest BCUT2D eigenvalue weighted by Gasteiger charge is 2.37. The average Bonchev–Trinajstić information content (AvgIpc) is 2.69. The number of nitrogens with zero attached hydrogens (tertiary/aromatic N) is 4. The molecule has 112 valence electrons. The fourth-order valence-corrected chi connectivity index (χ4v) is 2.28. The van der Waals surface area contributed by atoms with Gasteiger partial charge >= 0.3 is 6.18 Å². The first-order valence-corrected chi connectivity index (χ1v) is 6.21. The second kappa shape index (κ2) is 5.17. The van der Waals surface area contributed by atoms with Crippen LogP contribution in [-0.2, 0) is 6.18 Å². The van der Waals surface area contributed by atoms with Crippen LogP contribution in [0.1, 0.15) is 11.4 Å². The number of rotatable bonds is 2. The maximum Gasteiger partial charge on any atom is 0.433 e. The first-order valence-electron chi connectivity index (χ1n) is 6.21. The largest absolute Gasteiger partial charge is 0.433 e. The molecule has 8 heteroatoms. The molecule has 1 aliphatic heterocycles. The monoisotopic (exact) mass is 290 g/mol. The van der Waals surface area contributed by atoms with Gasteiger partial charge in [0, 0.05) is 18.8 Å². The van der Waals surface area contributed by atoms with Gasteiger partial charge in [-0.15, -0.1) is 0 Å². The highest BCUT2D eigenvalue weighted by molar-refractivity contribution is 5.36. The van der Waals surface area contributed by atoms with Crippen LogP contribution in [0.4, 0.5) is 19.1 Å². The standard InChI is InChI=1S/C12H17F3N4O/c1-7-4-10(12(13,14)15)17-11(16-7)19-5-8(18(2)3)9(20)6-19/h4,8-9,20H,5-6H2,1-3H3/t8-,9-/m0/s1. The third-order valence-electron chi connectivity index (χ3n) is 3.34. The van der Waals surface area contributed by atoms with Crippen LogP contribution in [0, 0.1) is 6.92 Å². The van der Waals surface area contributed by atoms with Gasteiger partial charge in [-0.1, -0.05) is 0 Å². The van der Waals surface area contributed by atoms with Crippen LogP contribution >= 0.6 is 0 Å². The molecule has 1 aliphatic rings. The Kier molecular flexibility index (Phi) is 3.88. The number of anilines is 1. The minimum Gasteiger partial charge on any atom is -0.390 e. The zero-order chi connectivity index (χ0) is 15.1. The lowest BCUT2D eigenvalue weighted by Crippen LogP contribution is -2.38. The normalized spacial score (nSPS) is 23.7. The van der Waals surface area contributed by atoms with Gasteiger partial charge in [0.05, 0.1) is 12.1 Å². The molecular weight excluding hydrogens is 273 g/mol. The van der Waals surface area contributed by atoms with E-state index in [0.29, 0.717) is 6.54 Å². The van der Waals surface area contributed by atoms with Crippen LogP contribution < -0.4 is 4.90 Å². The number of aryl methyl sites for hydroxylation is 1. The fraction of sp³-hybridized carbons (Fsp3) is 0.667. The smallest absolute Gasteiger partial charge is 0.390 e. The topological polar surface area (TPSA) is 52.5 Å². The Bertz CT molecular complexity index is 492. The lowest BCUT2D eigenvalue weighted by Gasteiger charge is -2.21. The first-order chi connectivity index (χ1) is 9.18. The summed E-state index contributed by atoms with van der Waals surface area (Å²) in [5, 5.41) is 9.93. The molecule has 1 aromatic heterocycles. The van der Waals surface area contributed by atoms with Gasteiger partial charge in [-0.25, -0.2) is 9.97 Å². The van der Waals surface area contributed by atoms with Crippen molar-refractivity contribution in [1.29, 1.82) is 0 Å². The highest BCUT2D eigenvalue weighted by atomic mass is 19.4. The molecule has 2 atom stereocenters. The van der Waals surface area contributed by atoms with E-state index in [0.717, 1.165) is 6.07 Å². The van der Waals surface area contributed by atoms with Crippen LogP contribution in [-0.4, -0.2) is 59.3 Å². The number of aliphatic hydroxyl groups excluding tert-OH is 1. The van der Waals surface area contributed by atoms with Crippen molar-refractivity contribution in [3.8, 4) is 0 Å². The van der Waals surface area contributed by atoms with Gasteiger partial charge in [0.15, 0.2) is 0 Å². The zero-order valence-corrected chi connectivity index (χ0v) is 11.5. The Morgan fingerprint density at radius 3 is 2.45 bits per heavy atom. The molecule has 1 fully saturated rings. The van der Waals surface area contributed by atoms with E-state index in [-0.39, 0.29) is 24.2 Å². The molecule has 1 saturated heterocycles. The Labute approximate surface area is 115 Å². The molecule has 0 radical (unpaired) electrons. The summed E-state index contributed by atoms with van der Waals surface area (Å²) >= 11 is 0. The Morgan fingerprint density at radius 2 is 1.95 bits per heavy atom. The number of hydrogen-bond donors (Lipinski definition) is 1. The predicted molar refractivity (Wildman–Crippen MR) is 67.5 cm³/mol. The molecule has 0 spiro atoms. The molecule has 2 heterocycles. The van der Waals surface area contributed by atoms with Gasteiger partial charge in [0.2, 0.25) is 5.95 Å². The highest BCUT2D eigenvalue weighted by Crippen LogP contribution is 2.30. The molecular formula is C12H17F3N4O. The Balaban J connectivity index is 2.28. The van der Waals surface area contributed by atoms with Gasteiger partial charge in [-0.3, -0.25) is 0 Å². The van der Waals surface area contributed by atoms with E-state index in [4.69, 9.17) is 0 Å². The van der Waals surface area contributed by atoms with Crippen LogP contribution in [0.25, 0.3) is 0 Å². The summed E-state index contributed by atoms with van der Waals surface area (Å²) in [7, 11) is 3.63. The molecule has 0 unspecified atom stereocenters. The number of hydrogen-bond acceptors (Lipinski definition) is 5. The second-order valence-electron chi connectivity index (χ2n) is 5.20. The molecule has 0 amide bonds. The average molecular weight is 290 g/mol. The summed E-state index contributed by atoms with van der Waals surface area (Å²) in [6.07, 6.45) is -5.13. The number of aliphatic hydroxyl groups is 1. The molecule has 20 heavy (non-hydrogen) atoms. The summed E-state index contributed by atoms with van der Waals surface area (Å²) in [6.45, 7) is 2.12. The zero-order valence-electron chi connectivity index (χ0n) is 11.5. The van der Waals surface area contributed by atoms with Gasteiger partial charge in [0.25, 0.3) is 0 Å². The summed E-state index contributed by atoms with van der Waals surface area (Å²) in [5.41, 5.74) is -0.701. The van der Waals surface area contributed by atoms with E-state index in [9.17, 15) is 18.3 Å².